The standard InChI is InChI=1S/C24H46O/c1-2-4-6-10-16-23-18-12-8-14-20-25-21-15-9-13-19-24(22-23)17-11-7-5-3-1/h23-24H,1-22H2. The topological polar surface area (TPSA) is 9.23 Å². The molecule has 0 aromatic carbocycles. The Morgan fingerprint density at radius 3 is 1.08 bits per heavy atom. The second-order valence-corrected chi connectivity index (χ2v) is 9.04. The first-order chi connectivity index (χ1) is 12.4. The first-order valence-corrected chi connectivity index (χ1v) is 12.0. The molecule has 0 spiro atoms. The number of rotatable bonds is 0. The Balaban J connectivity index is 1.85. The van der Waals surface area contributed by atoms with Crippen molar-refractivity contribution >= 4 is 0 Å². The summed E-state index contributed by atoms with van der Waals surface area (Å²) in [7, 11) is 0. The second kappa shape index (κ2) is 15.1. The van der Waals surface area contributed by atoms with Gasteiger partial charge in [-0.3, -0.25) is 0 Å². The monoisotopic (exact) mass is 350 g/mol. The first-order valence-electron chi connectivity index (χ1n) is 12.0. The number of fused-ring (bicyclic) bond motifs is 2. The van der Waals surface area contributed by atoms with Gasteiger partial charge in [-0.1, -0.05) is 109 Å². The van der Waals surface area contributed by atoms with Gasteiger partial charge in [0.1, 0.15) is 0 Å². The van der Waals surface area contributed by atoms with Crippen molar-refractivity contribution in [1.82, 2.24) is 0 Å². The van der Waals surface area contributed by atoms with Crippen LogP contribution in [0.4, 0.5) is 0 Å². The van der Waals surface area contributed by atoms with Crippen LogP contribution in [0.3, 0.4) is 0 Å². The molecule has 2 aliphatic rings. The van der Waals surface area contributed by atoms with Crippen molar-refractivity contribution in [2.75, 3.05) is 13.2 Å². The molecule has 0 N–H and O–H groups in total. The van der Waals surface area contributed by atoms with Crippen molar-refractivity contribution in [3.63, 3.8) is 0 Å². The highest BCUT2D eigenvalue weighted by Gasteiger charge is 2.17. The summed E-state index contributed by atoms with van der Waals surface area (Å²) in [6.45, 7) is 2.01. The second-order valence-electron chi connectivity index (χ2n) is 9.04. The van der Waals surface area contributed by atoms with Gasteiger partial charge in [-0.25, -0.2) is 0 Å². The highest BCUT2D eigenvalue weighted by Crippen LogP contribution is 2.31. The Morgan fingerprint density at radius 2 is 0.680 bits per heavy atom. The fourth-order valence-corrected chi connectivity index (χ4v) is 5.06. The molecule has 25 heavy (non-hydrogen) atoms. The van der Waals surface area contributed by atoms with E-state index in [2.05, 4.69) is 0 Å². The molecule has 0 amide bonds. The molecule has 1 heteroatoms. The highest BCUT2D eigenvalue weighted by atomic mass is 16.5. The minimum Gasteiger partial charge on any atom is -0.381 e. The Labute approximate surface area is 158 Å². The minimum atomic E-state index is 1.01. The van der Waals surface area contributed by atoms with Gasteiger partial charge in [0.2, 0.25) is 0 Å². The molecule has 0 radical (unpaired) electrons. The molecule has 1 saturated carbocycles. The predicted molar refractivity (Wildman–Crippen MR) is 110 cm³/mol. The maximum Gasteiger partial charge on any atom is 0.0466 e. The van der Waals surface area contributed by atoms with Crippen molar-refractivity contribution in [3.05, 3.63) is 0 Å². The minimum absolute atomic E-state index is 1.01. The van der Waals surface area contributed by atoms with Crippen molar-refractivity contribution in [3.8, 4) is 0 Å². The van der Waals surface area contributed by atoms with E-state index in [0.29, 0.717) is 0 Å². The lowest BCUT2D eigenvalue weighted by Gasteiger charge is -2.25. The molecule has 2 unspecified atom stereocenters. The van der Waals surface area contributed by atoms with E-state index >= 15 is 0 Å². The van der Waals surface area contributed by atoms with Gasteiger partial charge < -0.3 is 4.74 Å². The smallest absolute Gasteiger partial charge is 0.0466 e. The molecular weight excluding hydrogens is 304 g/mol. The fourth-order valence-electron chi connectivity index (χ4n) is 5.06. The summed E-state index contributed by atoms with van der Waals surface area (Å²) in [4.78, 5) is 0. The molecule has 148 valence electrons. The largest absolute Gasteiger partial charge is 0.381 e. The molecule has 2 bridgehead atoms. The van der Waals surface area contributed by atoms with Crippen molar-refractivity contribution in [2.24, 2.45) is 11.8 Å². The summed E-state index contributed by atoms with van der Waals surface area (Å²) < 4.78 is 5.81. The Bertz CT molecular complexity index is 236. The Morgan fingerprint density at radius 1 is 0.360 bits per heavy atom. The lowest BCUT2D eigenvalue weighted by Crippen LogP contribution is -2.11. The zero-order valence-corrected chi connectivity index (χ0v) is 17.1. The summed E-state index contributed by atoms with van der Waals surface area (Å²) >= 11 is 0. The van der Waals surface area contributed by atoms with E-state index in [1.54, 1.807) is 6.42 Å². The fraction of sp³-hybridized carbons (Fsp3) is 1.00. The maximum absolute atomic E-state index is 5.81. The third kappa shape index (κ3) is 11.3. The normalized spacial score (nSPS) is 30.7. The van der Waals surface area contributed by atoms with E-state index in [0.717, 1.165) is 25.0 Å². The molecule has 1 saturated heterocycles. The van der Waals surface area contributed by atoms with Crippen LogP contribution in [0.5, 0.6) is 0 Å². The Hall–Kier alpha value is -0.0400. The van der Waals surface area contributed by atoms with Crippen LogP contribution in [0.25, 0.3) is 0 Å². The first kappa shape index (κ1) is 21.3. The summed E-state index contributed by atoms with van der Waals surface area (Å²) in [5.41, 5.74) is 0. The number of hydrogen-bond donors (Lipinski definition) is 0. The van der Waals surface area contributed by atoms with E-state index in [1.807, 2.05) is 0 Å². The SMILES string of the molecule is C1CCCCCC2CCCCCOCCCCCC(CCCCC1)C2. The third-order valence-electron chi connectivity index (χ3n) is 6.69. The van der Waals surface area contributed by atoms with Crippen LogP contribution < -0.4 is 0 Å². The number of hydrogen-bond acceptors (Lipinski definition) is 1. The molecule has 0 aromatic rings. The van der Waals surface area contributed by atoms with E-state index in [1.165, 1.54) is 122 Å². The molecule has 1 aliphatic carbocycles. The van der Waals surface area contributed by atoms with Crippen LogP contribution in [0.2, 0.25) is 0 Å². The predicted octanol–water partition coefficient (Wildman–Crippen LogP) is 8.06. The quantitative estimate of drug-likeness (QED) is 0.429. The molecule has 1 aliphatic heterocycles. The lowest BCUT2D eigenvalue weighted by molar-refractivity contribution is 0.123. The van der Waals surface area contributed by atoms with Crippen molar-refractivity contribution in [2.45, 2.75) is 128 Å². The third-order valence-corrected chi connectivity index (χ3v) is 6.69. The summed E-state index contributed by atoms with van der Waals surface area (Å²) in [5.74, 6) is 2.05. The van der Waals surface area contributed by atoms with Gasteiger partial charge in [-0.15, -0.1) is 0 Å². The lowest BCUT2D eigenvalue weighted by atomic mass is 9.81. The van der Waals surface area contributed by atoms with Crippen LogP contribution in [-0.4, -0.2) is 13.2 Å². The van der Waals surface area contributed by atoms with Crippen molar-refractivity contribution in [1.29, 1.82) is 0 Å². The maximum atomic E-state index is 5.81. The van der Waals surface area contributed by atoms with E-state index in [9.17, 15) is 0 Å². The van der Waals surface area contributed by atoms with Gasteiger partial charge in [0, 0.05) is 13.2 Å². The molecular formula is C24H46O. The molecule has 1 heterocycles. The van der Waals surface area contributed by atoms with Crippen LogP contribution in [-0.2, 0) is 4.74 Å². The van der Waals surface area contributed by atoms with Crippen molar-refractivity contribution < 1.29 is 4.74 Å². The zero-order chi connectivity index (χ0) is 17.4. The van der Waals surface area contributed by atoms with Gasteiger partial charge in [0.15, 0.2) is 0 Å². The number of ether oxygens (including phenoxy) is 1. The van der Waals surface area contributed by atoms with Gasteiger partial charge in [-0.2, -0.15) is 0 Å². The molecule has 2 fully saturated rings. The average Bonchev–Trinajstić information content (AvgIpc) is 2.62. The van der Waals surface area contributed by atoms with E-state index in [-0.39, 0.29) is 0 Å². The Kier molecular flexibility index (Phi) is 12.8. The highest BCUT2D eigenvalue weighted by molar-refractivity contribution is 4.69. The van der Waals surface area contributed by atoms with Gasteiger partial charge in [0.25, 0.3) is 0 Å². The van der Waals surface area contributed by atoms with Crippen LogP contribution in [0, 0.1) is 11.8 Å². The molecule has 0 aromatic heterocycles. The van der Waals surface area contributed by atoms with Gasteiger partial charge >= 0.3 is 0 Å². The van der Waals surface area contributed by atoms with Gasteiger partial charge in [0.05, 0.1) is 0 Å². The van der Waals surface area contributed by atoms with Crippen LogP contribution in [0.1, 0.15) is 128 Å². The molecule has 1 nitrogen and oxygen atoms in total. The zero-order valence-electron chi connectivity index (χ0n) is 17.1. The average molecular weight is 351 g/mol. The molecule has 2 rings (SSSR count). The van der Waals surface area contributed by atoms with Crippen LogP contribution in [0.15, 0.2) is 0 Å². The summed E-state index contributed by atoms with van der Waals surface area (Å²) in [6.07, 6.45) is 29.3. The van der Waals surface area contributed by atoms with Crippen LogP contribution >= 0.6 is 0 Å². The summed E-state index contributed by atoms with van der Waals surface area (Å²) in [5, 5.41) is 0. The summed E-state index contributed by atoms with van der Waals surface area (Å²) in [6, 6.07) is 0. The van der Waals surface area contributed by atoms with E-state index < -0.39 is 0 Å². The van der Waals surface area contributed by atoms with Gasteiger partial charge in [-0.05, 0) is 31.1 Å². The molecule has 2 atom stereocenters. The van der Waals surface area contributed by atoms with E-state index in [4.69, 9.17) is 4.74 Å².